The van der Waals surface area contributed by atoms with Crippen molar-refractivity contribution in [3.63, 3.8) is 0 Å². The summed E-state index contributed by atoms with van der Waals surface area (Å²) >= 11 is 1.84. The molecule has 1 aliphatic rings. The third kappa shape index (κ3) is 3.94. The van der Waals surface area contributed by atoms with E-state index in [-0.39, 0.29) is 4.90 Å². The lowest BCUT2D eigenvalue weighted by atomic mass is 10.1. The maximum absolute atomic E-state index is 13.3. The van der Waals surface area contributed by atoms with Crippen molar-refractivity contribution in [1.29, 1.82) is 0 Å². The molecular weight excluding hydrogens is 299 g/mol. The lowest BCUT2D eigenvalue weighted by Gasteiger charge is -2.14. The van der Waals surface area contributed by atoms with Gasteiger partial charge in [-0.25, -0.2) is 17.5 Å². The van der Waals surface area contributed by atoms with Crippen LogP contribution in [0.3, 0.4) is 0 Å². The second-order valence-corrected chi connectivity index (χ2v) is 7.75. The fraction of sp³-hybridized carbons (Fsp3) is 0.538. The van der Waals surface area contributed by atoms with E-state index < -0.39 is 15.8 Å². The zero-order valence-electron chi connectivity index (χ0n) is 11.4. The van der Waals surface area contributed by atoms with Gasteiger partial charge in [-0.05, 0) is 48.6 Å². The van der Waals surface area contributed by atoms with Gasteiger partial charge in [-0.15, -0.1) is 0 Å². The standard InChI is InChI=1S/C13H19FN2O2S2/c1-15-8-11-2-3-12(14)6-13(11)20(17,18)16-7-10-4-5-19-9-10/h2-3,6,10,15-16H,4-5,7-9H2,1H3. The number of hydrogen-bond acceptors (Lipinski definition) is 4. The van der Waals surface area contributed by atoms with Crippen molar-refractivity contribution >= 4 is 21.8 Å². The Morgan fingerprint density at radius 2 is 2.25 bits per heavy atom. The molecule has 1 saturated heterocycles. The highest BCUT2D eigenvalue weighted by atomic mass is 32.2. The van der Waals surface area contributed by atoms with Gasteiger partial charge in [0.2, 0.25) is 10.0 Å². The first-order chi connectivity index (χ1) is 9.53. The van der Waals surface area contributed by atoms with Crippen LogP contribution in [0.15, 0.2) is 23.1 Å². The highest BCUT2D eigenvalue weighted by molar-refractivity contribution is 7.99. The summed E-state index contributed by atoms with van der Waals surface area (Å²) in [4.78, 5) is 0.0255. The van der Waals surface area contributed by atoms with Gasteiger partial charge in [0.15, 0.2) is 0 Å². The molecule has 0 amide bonds. The van der Waals surface area contributed by atoms with Gasteiger partial charge in [-0.3, -0.25) is 0 Å². The molecule has 1 heterocycles. The molecule has 1 fully saturated rings. The summed E-state index contributed by atoms with van der Waals surface area (Å²) in [5, 5.41) is 2.90. The molecule has 7 heteroatoms. The summed E-state index contributed by atoms with van der Waals surface area (Å²) in [6.45, 7) is 0.806. The fourth-order valence-corrected chi connectivity index (χ4v) is 4.81. The summed E-state index contributed by atoms with van der Waals surface area (Å²) in [5.41, 5.74) is 0.571. The smallest absolute Gasteiger partial charge is 0.241 e. The molecule has 0 aliphatic carbocycles. The van der Waals surface area contributed by atoms with Crippen LogP contribution in [0.5, 0.6) is 0 Å². The zero-order chi connectivity index (χ0) is 14.6. The fourth-order valence-electron chi connectivity index (χ4n) is 2.16. The topological polar surface area (TPSA) is 58.2 Å². The van der Waals surface area contributed by atoms with Crippen molar-refractivity contribution in [2.24, 2.45) is 5.92 Å². The molecule has 1 aromatic rings. The Hall–Kier alpha value is -0.630. The van der Waals surface area contributed by atoms with E-state index in [1.54, 1.807) is 7.05 Å². The second-order valence-electron chi connectivity index (χ2n) is 4.86. The minimum Gasteiger partial charge on any atom is -0.316 e. The summed E-state index contributed by atoms with van der Waals surface area (Å²) in [5.74, 6) is 1.89. The quantitative estimate of drug-likeness (QED) is 0.836. The average molecular weight is 318 g/mol. The van der Waals surface area contributed by atoms with Gasteiger partial charge < -0.3 is 5.32 Å². The molecule has 0 aromatic heterocycles. The number of hydrogen-bond donors (Lipinski definition) is 2. The Morgan fingerprint density at radius 3 is 2.90 bits per heavy atom. The van der Waals surface area contributed by atoms with Gasteiger partial charge in [0.25, 0.3) is 0 Å². The van der Waals surface area contributed by atoms with Crippen LogP contribution in [0.2, 0.25) is 0 Å². The molecule has 1 atom stereocenters. The Bertz CT molecular complexity index is 557. The molecular formula is C13H19FN2O2S2. The third-order valence-electron chi connectivity index (χ3n) is 3.27. The molecule has 2 N–H and O–H groups in total. The van der Waals surface area contributed by atoms with Crippen LogP contribution >= 0.6 is 11.8 Å². The SMILES string of the molecule is CNCc1ccc(F)cc1S(=O)(=O)NCC1CCSC1. The molecule has 0 spiro atoms. The first-order valence-corrected chi connectivity index (χ1v) is 9.17. The number of benzene rings is 1. The monoisotopic (exact) mass is 318 g/mol. The molecule has 2 rings (SSSR count). The lowest BCUT2D eigenvalue weighted by molar-refractivity contribution is 0.543. The Labute approximate surface area is 123 Å². The minimum atomic E-state index is -3.66. The summed E-state index contributed by atoms with van der Waals surface area (Å²) in [6.07, 6.45) is 1.03. The van der Waals surface area contributed by atoms with Gasteiger partial charge in [-0.2, -0.15) is 11.8 Å². The molecule has 0 bridgehead atoms. The van der Waals surface area contributed by atoms with E-state index in [1.165, 1.54) is 12.1 Å². The molecule has 0 saturated carbocycles. The molecule has 1 aromatic carbocycles. The van der Waals surface area contributed by atoms with Crippen LogP contribution in [0.25, 0.3) is 0 Å². The van der Waals surface area contributed by atoms with E-state index in [0.717, 1.165) is 24.0 Å². The number of sulfonamides is 1. The highest BCUT2D eigenvalue weighted by Crippen LogP contribution is 2.23. The van der Waals surface area contributed by atoms with Gasteiger partial charge in [0, 0.05) is 13.1 Å². The van der Waals surface area contributed by atoms with Gasteiger partial charge in [0.05, 0.1) is 4.90 Å². The zero-order valence-corrected chi connectivity index (χ0v) is 13.0. The number of halogens is 1. The average Bonchev–Trinajstić information content (AvgIpc) is 2.92. The van der Waals surface area contributed by atoms with Crippen LogP contribution in [0.1, 0.15) is 12.0 Å². The number of nitrogens with one attached hydrogen (secondary N) is 2. The van der Waals surface area contributed by atoms with E-state index in [9.17, 15) is 12.8 Å². The van der Waals surface area contributed by atoms with Crippen molar-refractivity contribution in [2.75, 3.05) is 25.1 Å². The van der Waals surface area contributed by atoms with Crippen LogP contribution in [0, 0.1) is 11.7 Å². The van der Waals surface area contributed by atoms with Crippen molar-refractivity contribution in [1.82, 2.24) is 10.0 Å². The first-order valence-electron chi connectivity index (χ1n) is 6.53. The maximum Gasteiger partial charge on any atom is 0.241 e. The third-order valence-corrected chi connectivity index (χ3v) is 6.01. The molecule has 20 heavy (non-hydrogen) atoms. The normalized spacial score (nSPS) is 19.4. The Morgan fingerprint density at radius 1 is 1.45 bits per heavy atom. The van der Waals surface area contributed by atoms with Crippen LogP contribution in [0.4, 0.5) is 4.39 Å². The molecule has 0 radical (unpaired) electrons. The second kappa shape index (κ2) is 6.89. The van der Waals surface area contributed by atoms with Gasteiger partial charge in [-0.1, -0.05) is 6.07 Å². The maximum atomic E-state index is 13.3. The Kier molecular flexibility index (Phi) is 5.42. The number of thioether (sulfide) groups is 1. The molecule has 112 valence electrons. The van der Waals surface area contributed by atoms with E-state index in [1.807, 2.05) is 11.8 Å². The van der Waals surface area contributed by atoms with Gasteiger partial charge in [0.1, 0.15) is 5.82 Å². The predicted molar refractivity (Wildman–Crippen MR) is 79.8 cm³/mol. The lowest BCUT2D eigenvalue weighted by Crippen LogP contribution is -2.30. The predicted octanol–water partition coefficient (Wildman–Crippen LogP) is 1.58. The van der Waals surface area contributed by atoms with E-state index in [2.05, 4.69) is 10.0 Å². The van der Waals surface area contributed by atoms with Crippen molar-refractivity contribution in [3.05, 3.63) is 29.6 Å². The van der Waals surface area contributed by atoms with Crippen LogP contribution in [-0.2, 0) is 16.6 Å². The largest absolute Gasteiger partial charge is 0.316 e. The highest BCUT2D eigenvalue weighted by Gasteiger charge is 2.22. The van der Waals surface area contributed by atoms with E-state index >= 15 is 0 Å². The van der Waals surface area contributed by atoms with Crippen LogP contribution in [-0.4, -0.2) is 33.5 Å². The summed E-state index contributed by atoms with van der Waals surface area (Å²) < 4.78 is 40.6. The van der Waals surface area contributed by atoms with E-state index in [0.29, 0.717) is 24.6 Å². The van der Waals surface area contributed by atoms with Crippen molar-refractivity contribution < 1.29 is 12.8 Å². The minimum absolute atomic E-state index is 0.0255. The summed E-state index contributed by atoms with van der Waals surface area (Å²) in [7, 11) is -1.94. The molecule has 1 aliphatic heterocycles. The molecule has 1 unspecified atom stereocenters. The van der Waals surface area contributed by atoms with Crippen molar-refractivity contribution in [2.45, 2.75) is 17.9 Å². The summed E-state index contributed by atoms with van der Waals surface area (Å²) in [6, 6.07) is 3.86. The van der Waals surface area contributed by atoms with Crippen LogP contribution < -0.4 is 10.0 Å². The number of rotatable bonds is 6. The first kappa shape index (κ1) is 15.8. The molecule has 4 nitrogen and oxygen atoms in total. The Balaban J connectivity index is 2.16. The van der Waals surface area contributed by atoms with E-state index in [4.69, 9.17) is 0 Å². The van der Waals surface area contributed by atoms with Crippen molar-refractivity contribution in [3.8, 4) is 0 Å². The van der Waals surface area contributed by atoms with Gasteiger partial charge >= 0.3 is 0 Å².